The highest BCUT2D eigenvalue weighted by molar-refractivity contribution is 5.81. The topological polar surface area (TPSA) is 44.8 Å². The number of morpholine rings is 1. The van der Waals surface area contributed by atoms with Crippen LogP contribution >= 0.6 is 0 Å². The molecule has 0 aromatic heterocycles. The molecule has 2 rings (SSSR count). The van der Waals surface area contributed by atoms with Crippen molar-refractivity contribution < 1.29 is 9.53 Å². The maximum atomic E-state index is 12.0. The molecular formula is C18H33N3O2. The third kappa shape index (κ3) is 5.59. The van der Waals surface area contributed by atoms with Crippen LogP contribution in [0, 0.1) is 5.92 Å². The SMILES string of the molecule is C=CCNC(=O)[C@@H](C)N1CCC(CN2C[C@@H](C)O[C@@H](C)C2)CC1. The molecule has 2 aliphatic rings. The van der Waals surface area contributed by atoms with Gasteiger partial charge in [-0.2, -0.15) is 0 Å². The summed E-state index contributed by atoms with van der Waals surface area (Å²) in [6, 6.07) is -0.0423. The zero-order valence-electron chi connectivity index (χ0n) is 15.0. The number of hydrogen-bond acceptors (Lipinski definition) is 4. The van der Waals surface area contributed by atoms with Crippen LogP contribution in [0.1, 0.15) is 33.6 Å². The molecule has 132 valence electrons. The molecule has 0 bridgehead atoms. The summed E-state index contributed by atoms with van der Waals surface area (Å²) in [7, 11) is 0. The molecule has 1 amide bonds. The zero-order chi connectivity index (χ0) is 16.8. The number of hydrogen-bond donors (Lipinski definition) is 1. The van der Waals surface area contributed by atoms with E-state index >= 15 is 0 Å². The first kappa shape index (κ1) is 18.4. The summed E-state index contributed by atoms with van der Waals surface area (Å²) in [5, 5.41) is 2.90. The fraction of sp³-hybridized carbons (Fsp3) is 0.833. The minimum Gasteiger partial charge on any atom is -0.373 e. The van der Waals surface area contributed by atoms with E-state index in [9.17, 15) is 4.79 Å². The van der Waals surface area contributed by atoms with Gasteiger partial charge in [-0.15, -0.1) is 6.58 Å². The van der Waals surface area contributed by atoms with Crippen LogP contribution in [0.3, 0.4) is 0 Å². The molecule has 5 heteroatoms. The molecule has 0 aromatic rings. The third-order valence-corrected chi connectivity index (χ3v) is 5.01. The minimum absolute atomic E-state index is 0.0423. The van der Waals surface area contributed by atoms with E-state index in [1.54, 1.807) is 6.08 Å². The second kappa shape index (κ2) is 8.81. The Labute approximate surface area is 141 Å². The second-order valence-electron chi connectivity index (χ2n) is 7.17. The van der Waals surface area contributed by atoms with Gasteiger partial charge in [-0.1, -0.05) is 6.08 Å². The van der Waals surface area contributed by atoms with Gasteiger partial charge in [0.05, 0.1) is 18.2 Å². The summed E-state index contributed by atoms with van der Waals surface area (Å²) in [6.07, 6.45) is 4.76. The summed E-state index contributed by atoms with van der Waals surface area (Å²) in [5.74, 6) is 0.853. The minimum atomic E-state index is -0.0423. The molecule has 1 N–H and O–H groups in total. The van der Waals surface area contributed by atoms with Crippen LogP contribution in [0.25, 0.3) is 0 Å². The fourth-order valence-electron chi connectivity index (χ4n) is 3.81. The lowest BCUT2D eigenvalue weighted by atomic mass is 9.94. The number of piperidine rings is 1. The molecule has 2 heterocycles. The molecule has 3 atom stereocenters. The molecular weight excluding hydrogens is 290 g/mol. The molecule has 5 nitrogen and oxygen atoms in total. The lowest BCUT2D eigenvalue weighted by Gasteiger charge is -2.40. The summed E-state index contributed by atoms with van der Waals surface area (Å²) in [5.41, 5.74) is 0. The van der Waals surface area contributed by atoms with Crippen molar-refractivity contribution in [2.75, 3.05) is 39.3 Å². The van der Waals surface area contributed by atoms with Gasteiger partial charge in [-0.3, -0.25) is 14.6 Å². The van der Waals surface area contributed by atoms with Gasteiger partial charge in [0.1, 0.15) is 0 Å². The summed E-state index contributed by atoms with van der Waals surface area (Å²) >= 11 is 0. The highest BCUT2D eigenvalue weighted by atomic mass is 16.5. The van der Waals surface area contributed by atoms with Gasteiger partial charge < -0.3 is 10.1 Å². The number of carbonyl (C=O) groups is 1. The number of likely N-dealkylation sites (tertiary alicyclic amines) is 1. The Morgan fingerprint density at radius 3 is 2.48 bits per heavy atom. The molecule has 0 aliphatic carbocycles. The molecule has 0 aromatic carbocycles. The van der Waals surface area contributed by atoms with Crippen molar-refractivity contribution in [3.05, 3.63) is 12.7 Å². The van der Waals surface area contributed by atoms with E-state index < -0.39 is 0 Å². The molecule has 2 fully saturated rings. The lowest BCUT2D eigenvalue weighted by Crippen LogP contribution is -2.51. The number of rotatable bonds is 6. The smallest absolute Gasteiger partial charge is 0.237 e. The fourth-order valence-corrected chi connectivity index (χ4v) is 3.81. The molecule has 2 aliphatic heterocycles. The third-order valence-electron chi connectivity index (χ3n) is 5.01. The van der Waals surface area contributed by atoms with Crippen LogP contribution in [0.4, 0.5) is 0 Å². The van der Waals surface area contributed by atoms with E-state index in [-0.39, 0.29) is 11.9 Å². The van der Waals surface area contributed by atoms with Crippen molar-refractivity contribution in [3.63, 3.8) is 0 Å². The Morgan fingerprint density at radius 2 is 1.91 bits per heavy atom. The van der Waals surface area contributed by atoms with Gasteiger partial charge in [0.15, 0.2) is 0 Å². The van der Waals surface area contributed by atoms with Crippen molar-refractivity contribution in [2.24, 2.45) is 5.92 Å². The summed E-state index contributed by atoms with van der Waals surface area (Å²) < 4.78 is 5.81. The van der Waals surface area contributed by atoms with Crippen molar-refractivity contribution >= 4 is 5.91 Å². The van der Waals surface area contributed by atoms with Gasteiger partial charge in [-0.25, -0.2) is 0 Å². The Kier molecular flexibility index (Phi) is 7.06. The Balaban J connectivity index is 1.73. The average molecular weight is 323 g/mol. The van der Waals surface area contributed by atoms with Crippen molar-refractivity contribution in [3.8, 4) is 0 Å². The molecule has 2 saturated heterocycles. The predicted molar refractivity (Wildman–Crippen MR) is 93.4 cm³/mol. The van der Waals surface area contributed by atoms with Crippen LogP contribution in [0.15, 0.2) is 12.7 Å². The van der Waals surface area contributed by atoms with E-state index in [1.807, 2.05) is 6.92 Å². The first-order valence-electron chi connectivity index (χ1n) is 9.00. The second-order valence-corrected chi connectivity index (χ2v) is 7.17. The highest BCUT2D eigenvalue weighted by Gasteiger charge is 2.29. The number of nitrogens with one attached hydrogen (secondary N) is 1. The van der Waals surface area contributed by atoms with Gasteiger partial charge in [0.25, 0.3) is 0 Å². The van der Waals surface area contributed by atoms with Crippen LogP contribution in [-0.2, 0) is 9.53 Å². The first-order chi connectivity index (χ1) is 11.0. The largest absolute Gasteiger partial charge is 0.373 e. The van der Waals surface area contributed by atoms with E-state index in [0.717, 1.165) is 32.1 Å². The van der Waals surface area contributed by atoms with Crippen molar-refractivity contribution in [1.82, 2.24) is 15.1 Å². The molecule has 0 radical (unpaired) electrons. The summed E-state index contributed by atoms with van der Waals surface area (Å²) in [4.78, 5) is 16.9. The lowest BCUT2D eigenvalue weighted by molar-refractivity contribution is -0.126. The van der Waals surface area contributed by atoms with Crippen molar-refractivity contribution in [2.45, 2.75) is 51.9 Å². The molecule has 0 spiro atoms. The van der Waals surface area contributed by atoms with Gasteiger partial charge in [0.2, 0.25) is 5.91 Å². The number of amides is 1. The van der Waals surface area contributed by atoms with E-state index in [0.29, 0.717) is 18.8 Å². The Morgan fingerprint density at radius 1 is 1.30 bits per heavy atom. The Hall–Kier alpha value is -0.910. The molecule has 23 heavy (non-hydrogen) atoms. The number of nitrogens with zero attached hydrogens (tertiary/aromatic N) is 2. The van der Waals surface area contributed by atoms with Crippen LogP contribution in [-0.4, -0.2) is 73.2 Å². The quantitative estimate of drug-likeness (QED) is 0.753. The van der Waals surface area contributed by atoms with Gasteiger partial charge in [-0.05, 0) is 52.6 Å². The monoisotopic (exact) mass is 323 g/mol. The van der Waals surface area contributed by atoms with Crippen LogP contribution in [0.2, 0.25) is 0 Å². The predicted octanol–water partition coefficient (Wildman–Crippen LogP) is 1.50. The van der Waals surface area contributed by atoms with E-state index in [1.165, 1.54) is 19.4 Å². The van der Waals surface area contributed by atoms with Crippen LogP contribution < -0.4 is 5.32 Å². The molecule has 0 unspecified atom stereocenters. The van der Waals surface area contributed by atoms with E-state index in [2.05, 4.69) is 35.5 Å². The number of ether oxygens (including phenoxy) is 1. The standard InChI is InChI=1S/C18H33N3O2/c1-5-8-19-18(22)16(4)21-9-6-17(7-10-21)13-20-11-14(2)23-15(3)12-20/h5,14-17H,1,6-13H2,2-4H3,(H,19,22)/t14-,15+,16-/m1/s1. The Bertz CT molecular complexity index is 384. The maximum Gasteiger partial charge on any atom is 0.237 e. The highest BCUT2D eigenvalue weighted by Crippen LogP contribution is 2.22. The van der Waals surface area contributed by atoms with Crippen molar-refractivity contribution in [1.29, 1.82) is 0 Å². The van der Waals surface area contributed by atoms with E-state index in [4.69, 9.17) is 4.74 Å². The average Bonchev–Trinajstić information content (AvgIpc) is 2.51. The normalized spacial score (nSPS) is 29.2. The number of carbonyl (C=O) groups excluding carboxylic acids is 1. The first-order valence-corrected chi connectivity index (χ1v) is 9.00. The van der Waals surface area contributed by atoms with Gasteiger partial charge in [0, 0.05) is 26.2 Å². The zero-order valence-corrected chi connectivity index (χ0v) is 15.0. The van der Waals surface area contributed by atoms with Gasteiger partial charge >= 0.3 is 0 Å². The molecule has 0 saturated carbocycles. The van der Waals surface area contributed by atoms with Crippen LogP contribution in [0.5, 0.6) is 0 Å². The maximum absolute atomic E-state index is 12.0. The summed E-state index contributed by atoms with van der Waals surface area (Å²) in [6.45, 7) is 15.8.